The lowest BCUT2D eigenvalue weighted by atomic mass is 9.94. The highest BCUT2D eigenvalue weighted by Crippen LogP contribution is 2.29. The number of hydrogen-bond acceptors (Lipinski definition) is 3. The number of aliphatic carboxylic acids is 1. The minimum Gasteiger partial charge on any atom is -0.481 e. The van der Waals surface area contributed by atoms with Gasteiger partial charge in [-0.2, -0.15) is 0 Å². The first-order valence-corrected chi connectivity index (χ1v) is 13.6. The van der Waals surface area contributed by atoms with E-state index in [-0.39, 0.29) is 43.7 Å². The van der Waals surface area contributed by atoms with Gasteiger partial charge in [-0.3, -0.25) is 14.4 Å². The lowest BCUT2D eigenvalue weighted by Crippen LogP contribution is -2.35. The van der Waals surface area contributed by atoms with Crippen LogP contribution in [0.5, 0.6) is 0 Å². The molecule has 0 atom stereocenters. The van der Waals surface area contributed by atoms with Crippen LogP contribution in [0.3, 0.4) is 0 Å². The van der Waals surface area contributed by atoms with E-state index in [0.29, 0.717) is 38.7 Å². The van der Waals surface area contributed by atoms with E-state index in [0.717, 1.165) is 11.1 Å². The van der Waals surface area contributed by atoms with E-state index < -0.39 is 5.97 Å². The summed E-state index contributed by atoms with van der Waals surface area (Å²) >= 11 is 12.3. The molecule has 0 aliphatic carbocycles. The Morgan fingerprint density at radius 2 is 1.44 bits per heavy atom. The van der Waals surface area contributed by atoms with Crippen molar-refractivity contribution in [2.75, 3.05) is 13.1 Å². The van der Waals surface area contributed by atoms with E-state index >= 15 is 0 Å². The van der Waals surface area contributed by atoms with Crippen LogP contribution < -0.4 is 5.32 Å². The fourth-order valence-electron chi connectivity index (χ4n) is 4.40. The maximum Gasteiger partial charge on any atom is 0.305 e. The molecule has 0 saturated heterocycles. The van der Waals surface area contributed by atoms with Gasteiger partial charge in [-0.25, -0.2) is 4.39 Å². The minimum atomic E-state index is -1.02. The van der Waals surface area contributed by atoms with E-state index in [1.807, 2.05) is 0 Å². The zero-order valence-corrected chi connectivity index (χ0v) is 23.5. The molecule has 0 saturated carbocycles. The molecular formula is C32H27Cl2FN2O4. The molecule has 9 heteroatoms. The second-order valence-electron chi connectivity index (χ2n) is 9.32. The molecule has 6 nitrogen and oxygen atoms in total. The third-order valence-corrected chi connectivity index (χ3v) is 7.12. The van der Waals surface area contributed by atoms with Crippen LogP contribution >= 0.6 is 23.2 Å². The van der Waals surface area contributed by atoms with Crippen molar-refractivity contribution < 1.29 is 23.9 Å². The Kier molecular flexibility index (Phi) is 10.1. The number of carboxylic acids is 1. The van der Waals surface area contributed by atoms with E-state index in [4.69, 9.17) is 23.2 Å². The molecular weight excluding hydrogens is 566 g/mol. The molecule has 0 radical (unpaired) electrons. The Bertz CT molecular complexity index is 1560. The topological polar surface area (TPSA) is 86.7 Å². The summed E-state index contributed by atoms with van der Waals surface area (Å²) in [7, 11) is 0. The van der Waals surface area contributed by atoms with Gasteiger partial charge in [0.15, 0.2) is 0 Å². The second kappa shape index (κ2) is 13.9. The maximum atomic E-state index is 13.9. The van der Waals surface area contributed by atoms with Gasteiger partial charge in [-0.1, -0.05) is 77.8 Å². The third-order valence-electron chi connectivity index (χ3n) is 6.53. The average Bonchev–Trinajstić information content (AvgIpc) is 2.97. The summed E-state index contributed by atoms with van der Waals surface area (Å²) in [6, 6.07) is 24.8. The van der Waals surface area contributed by atoms with Gasteiger partial charge in [0.25, 0.3) is 11.8 Å². The molecule has 0 aromatic heterocycles. The molecule has 4 aromatic carbocycles. The second-order valence-corrected chi connectivity index (χ2v) is 10.2. The quantitative estimate of drug-likeness (QED) is 0.198. The molecule has 210 valence electrons. The summed E-state index contributed by atoms with van der Waals surface area (Å²) in [4.78, 5) is 40.0. The summed E-state index contributed by atoms with van der Waals surface area (Å²) < 4.78 is 13.2. The Labute approximate surface area is 247 Å². The third kappa shape index (κ3) is 7.93. The van der Waals surface area contributed by atoms with Gasteiger partial charge >= 0.3 is 5.97 Å². The summed E-state index contributed by atoms with van der Waals surface area (Å²) in [5.74, 6) is -2.11. The highest BCUT2D eigenvalue weighted by Gasteiger charge is 2.23. The van der Waals surface area contributed by atoms with Gasteiger partial charge in [0, 0.05) is 40.8 Å². The molecule has 0 unspecified atom stereocenters. The van der Waals surface area contributed by atoms with Crippen LogP contribution in [0.4, 0.5) is 4.39 Å². The predicted octanol–water partition coefficient (Wildman–Crippen LogP) is 6.89. The van der Waals surface area contributed by atoms with Crippen LogP contribution in [0.1, 0.15) is 38.3 Å². The van der Waals surface area contributed by atoms with E-state index in [2.05, 4.69) is 5.32 Å². The molecule has 0 aliphatic heterocycles. The van der Waals surface area contributed by atoms with Crippen molar-refractivity contribution in [2.24, 2.45) is 0 Å². The summed E-state index contributed by atoms with van der Waals surface area (Å²) in [6.07, 6.45) is 0.163. The molecule has 0 heterocycles. The molecule has 0 bridgehead atoms. The number of rotatable bonds is 11. The van der Waals surface area contributed by atoms with Crippen molar-refractivity contribution in [3.8, 4) is 11.1 Å². The fraction of sp³-hybridized carbons (Fsp3) is 0.156. The van der Waals surface area contributed by atoms with E-state index in [1.54, 1.807) is 78.9 Å². The molecule has 0 fully saturated rings. The van der Waals surface area contributed by atoms with Crippen molar-refractivity contribution >= 4 is 41.0 Å². The summed E-state index contributed by atoms with van der Waals surface area (Å²) in [5, 5.41) is 13.1. The van der Waals surface area contributed by atoms with Crippen molar-refractivity contribution in [2.45, 2.75) is 19.4 Å². The van der Waals surface area contributed by atoms with E-state index in [9.17, 15) is 23.9 Å². The monoisotopic (exact) mass is 592 g/mol. The van der Waals surface area contributed by atoms with Gasteiger partial charge in [-0.15, -0.1) is 0 Å². The number of amides is 2. The Hall–Kier alpha value is -4.20. The van der Waals surface area contributed by atoms with Crippen LogP contribution in [0.2, 0.25) is 10.0 Å². The molecule has 0 spiro atoms. The highest BCUT2D eigenvalue weighted by atomic mass is 35.5. The van der Waals surface area contributed by atoms with Gasteiger partial charge in [-0.05, 0) is 65.1 Å². The first-order chi connectivity index (χ1) is 19.7. The van der Waals surface area contributed by atoms with Gasteiger partial charge in [0.05, 0.1) is 6.42 Å². The normalized spacial score (nSPS) is 10.7. The minimum absolute atomic E-state index is 0.00644. The SMILES string of the molecule is O=C(O)CCN(CCc1ccc(Cl)cc1Cl)C(=O)c1ccccc1-c1ccccc1C(=O)NCc1ccc(F)cc1. The zero-order chi connectivity index (χ0) is 29.4. The Morgan fingerprint density at radius 3 is 2.10 bits per heavy atom. The first-order valence-electron chi connectivity index (χ1n) is 12.9. The number of benzene rings is 4. The Balaban J connectivity index is 1.61. The standard InChI is InChI=1S/C32H27Cl2FN2O4/c33-23-12-11-22(29(34)19-23)15-17-37(18-16-30(38)39)32(41)28-8-4-2-6-26(28)25-5-1-3-7-27(25)31(40)36-20-21-9-13-24(35)14-10-21/h1-14,19H,15-18,20H2,(H,36,40)(H,38,39). The van der Waals surface area contributed by atoms with Crippen molar-refractivity contribution in [3.05, 3.63) is 129 Å². The Morgan fingerprint density at radius 1 is 0.805 bits per heavy atom. The van der Waals surface area contributed by atoms with Gasteiger partial charge in [0.2, 0.25) is 0 Å². The molecule has 4 rings (SSSR count). The molecule has 0 aliphatic rings. The number of carbonyl (C=O) groups excluding carboxylic acids is 2. The summed E-state index contributed by atoms with van der Waals surface area (Å²) in [5.41, 5.74) is 3.30. The number of halogens is 3. The van der Waals surface area contributed by atoms with Crippen molar-refractivity contribution in [1.82, 2.24) is 10.2 Å². The summed E-state index contributed by atoms with van der Waals surface area (Å²) in [6.45, 7) is 0.416. The lowest BCUT2D eigenvalue weighted by Gasteiger charge is -2.24. The molecule has 4 aromatic rings. The van der Waals surface area contributed by atoms with Gasteiger partial charge in [0.1, 0.15) is 5.82 Å². The lowest BCUT2D eigenvalue weighted by molar-refractivity contribution is -0.137. The number of carbonyl (C=O) groups is 3. The van der Waals surface area contributed by atoms with Crippen LogP contribution in [0.25, 0.3) is 11.1 Å². The zero-order valence-electron chi connectivity index (χ0n) is 21.9. The molecule has 41 heavy (non-hydrogen) atoms. The van der Waals surface area contributed by atoms with Gasteiger partial charge < -0.3 is 15.3 Å². The van der Waals surface area contributed by atoms with Crippen LogP contribution in [-0.2, 0) is 17.8 Å². The largest absolute Gasteiger partial charge is 0.481 e. The predicted molar refractivity (Wildman–Crippen MR) is 158 cm³/mol. The van der Waals surface area contributed by atoms with Crippen LogP contribution in [0.15, 0.2) is 91.0 Å². The van der Waals surface area contributed by atoms with Crippen molar-refractivity contribution in [1.29, 1.82) is 0 Å². The highest BCUT2D eigenvalue weighted by molar-refractivity contribution is 6.35. The number of nitrogens with zero attached hydrogens (tertiary/aromatic N) is 1. The number of nitrogens with one attached hydrogen (secondary N) is 1. The maximum absolute atomic E-state index is 13.9. The van der Waals surface area contributed by atoms with Crippen LogP contribution in [-0.4, -0.2) is 40.9 Å². The van der Waals surface area contributed by atoms with Crippen LogP contribution in [0, 0.1) is 5.82 Å². The number of carboxylic acid groups (broad SMARTS) is 1. The smallest absolute Gasteiger partial charge is 0.305 e. The molecule has 2 amide bonds. The number of hydrogen-bond donors (Lipinski definition) is 2. The van der Waals surface area contributed by atoms with E-state index in [1.165, 1.54) is 17.0 Å². The fourth-order valence-corrected chi connectivity index (χ4v) is 4.90. The average molecular weight is 593 g/mol. The van der Waals surface area contributed by atoms with Crippen molar-refractivity contribution in [3.63, 3.8) is 0 Å². The molecule has 2 N–H and O–H groups in total. The first kappa shape index (κ1) is 29.8.